The number of halogens is 3. The third kappa shape index (κ3) is 6.84. The van der Waals surface area contributed by atoms with E-state index in [0.29, 0.717) is 19.5 Å². The second-order valence-corrected chi connectivity index (χ2v) is 9.20. The lowest BCUT2D eigenvalue weighted by Gasteiger charge is -2.37. The fourth-order valence-electron chi connectivity index (χ4n) is 4.74. The molecule has 10 heteroatoms. The number of hydrogen-bond acceptors (Lipinski definition) is 6. The number of hydrogen-bond donors (Lipinski definition) is 2. The number of amides is 1. The van der Waals surface area contributed by atoms with Crippen molar-refractivity contribution in [3.63, 3.8) is 0 Å². The molecule has 3 aliphatic rings. The monoisotopic (exact) mass is 493 g/mol. The molecule has 3 heterocycles. The Morgan fingerprint density at radius 2 is 1.71 bits per heavy atom. The number of likely N-dealkylation sites (tertiary alicyclic amines) is 1. The Labute approximate surface area is 204 Å². The Morgan fingerprint density at radius 3 is 2.29 bits per heavy atom. The first kappa shape index (κ1) is 25.2. The van der Waals surface area contributed by atoms with E-state index >= 15 is 0 Å². The van der Waals surface area contributed by atoms with Crippen LogP contribution in [0.2, 0.25) is 0 Å². The highest BCUT2D eigenvalue weighted by Gasteiger charge is 2.34. The number of carbonyl (C=O) groups is 1. The summed E-state index contributed by atoms with van der Waals surface area (Å²) < 4.78 is 43.5. The molecular formula is C25H34F3N5O2. The number of piperidine rings is 1. The van der Waals surface area contributed by atoms with Crippen LogP contribution in [0.1, 0.15) is 19.3 Å². The summed E-state index contributed by atoms with van der Waals surface area (Å²) in [5.74, 6) is 1.63. The fraction of sp³-hybridized carbons (Fsp3) is 0.560. The van der Waals surface area contributed by atoms with E-state index < -0.39 is 11.7 Å². The van der Waals surface area contributed by atoms with Gasteiger partial charge in [-0.3, -0.25) is 9.69 Å². The zero-order valence-corrected chi connectivity index (χ0v) is 20.1. The molecule has 192 valence electrons. The number of allylic oxidation sites excluding steroid dienone is 2. The number of dihydropyridines is 1. The van der Waals surface area contributed by atoms with E-state index in [4.69, 9.17) is 4.74 Å². The zero-order valence-electron chi connectivity index (χ0n) is 20.1. The third-order valence-electron chi connectivity index (χ3n) is 6.93. The van der Waals surface area contributed by atoms with Gasteiger partial charge >= 0.3 is 6.18 Å². The van der Waals surface area contributed by atoms with Crippen LogP contribution in [0, 0.1) is 0 Å². The molecule has 1 amide bonds. The standard InChI is InChI=1S/C25H34F3N5O2/c1-35-22-5-3-21(4-6-22)32-16-14-31(15-17-32)11-10-24(34)30-20-8-12-33(13-9-20)23-7-2-19(18-29-23)25(26,27)28/h2-7,20,29H,8-18H2,1H3,(H,30,34). The predicted octanol–water partition coefficient (Wildman–Crippen LogP) is 2.72. The maximum absolute atomic E-state index is 12.8. The van der Waals surface area contributed by atoms with Crippen LogP contribution in [0.25, 0.3) is 0 Å². The third-order valence-corrected chi connectivity index (χ3v) is 6.93. The van der Waals surface area contributed by atoms with Crippen LogP contribution in [0.4, 0.5) is 18.9 Å². The van der Waals surface area contributed by atoms with Crippen molar-refractivity contribution in [3.05, 3.63) is 47.8 Å². The van der Waals surface area contributed by atoms with Gasteiger partial charge in [0.25, 0.3) is 0 Å². The number of alkyl halides is 3. The molecule has 0 radical (unpaired) electrons. The molecule has 2 saturated heterocycles. The first-order chi connectivity index (χ1) is 16.8. The maximum atomic E-state index is 12.8. The molecule has 1 aromatic rings. The minimum Gasteiger partial charge on any atom is -0.497 e. The maximum Gasteiger partial charge on any atom is 0.414 e. The van der Waals surface area contributed by atoms with Gasteiger partial charge in [-0.15, -0.1) is 0 Å². The molecule has 2 fully saturated rings. The molecular weight excluding hydrogens is 459 g/mol. The number of carbonyl (C=O) groups excluding carboxylic acids is 1. The predicted molar refractivity (Wildman–Crippen MR) is 129 cm³/mol. The number of methoxy groups -OCH3 is 1. The summed E-state index contributed by atoms with van der Waals surface area (Å²) in [6.07, 6.45) is 0.384. The summed E-state index contributed by atoms with van der Waals surface area (Å²) in [4.78, 5) is 19.2. The van der Waals surface area contributed by atoms with Gasteiger partial charge in [0.1, 0.15) is 11.6 Å². The van der Waals surface area contributed by atoms with E-state index in [-0.39, 0.29) is 18.5 Å². The van der Waals surface area contributed by atoms with E-state index in [0.717, 1.165) is 63.2 Å². The van der Waals surface area contributed by atoms with E-state index in [1.807, 2.05) is 12.1 Å². The lowest BCUT2D eigenvalue weighted by atomic mass is 10.0. The average Bonchev–Trinajstić information content (AvgIpc) is 2.88. The largest absolute Gasteiger partial charge is 0.497 e. The molecule has 1 aromatic carbocycles. The van der Waals surface area contributed by atoms with Gasteiger partial charge in [0.15, 0.2) is 0 Å². The van der Waals surface area contributed by atoms with E-state index in [2.05, 4.69) is 37.5 Å². The number of ether oxygens (including phenoxy) is 1. The number of rotatable bonds is 7. The van der Waals surface area contributed by atoms with Crippen molar-refractivity contribution in [1.29, 1.82) is 0 Å². The van der Waals surface area contributed by atoms with Crippen LogP contribution in [-0.2, 0) is 4.79 Å². The van der Waals surface area contributed by atoms with Crippen molar-refractivity contribution in [3.8, 4) is 5.75 Å². The van der Waals surface area contributed by atoms with Crippen molar-refractivity contribution in [2.75, 3.05) is 64.4 Å². The highest BCUT2D eigenvalue weighted by molar-refractivity contribution is 5.76. The van der Waals surface area contributed by atoms with E-state index in [1.165, 1.54) is 11.8 Å². The molecule has 0 saturated carbocycles. The topological polar surface area (TPSA) is 60.1 Å². The molecule has 2 N–H and O–H groups in total. The van der Waals surface area contributed by atoms with Crippen molar-refractivity contribution in [2.24, 2.45) is 0 Å². The number of benzene rings is 1. The zero-order chi connectivity index (χ0) is 24.8. The summed E-state index contributed by atoms with van der Waals surface area (Å²) in [5.41, 5.74) is 0.621. The van der Waals surface area contributed by atoms with Crippen LogP contribution < -0.4 is 20.3 Å². The molecule has 7 nitrogen and oxygen atoms in total. The molecule has 4 rings (SSSR count). The van der Waals surface area contributed by atoms with Crippen molar-refractivity contribution in [2.45, 2.75) is 31.5 Å². The Balaban J connectivity index is 1.13. The summed E-state index contributed by atoms with van der Waals surface area (Å²) in [7, 11) is 1.66. The Bertz CT molecular complexity index is 916. The molecule has 3 aliphatic heterocycles. The smallest absolute Gasteiger partial charge is 0.414 e. The van der Waals surface area contributed by atoms with Crippen LogP contribution in [-0.4, -0.2) is 87.4 Å². The average molecular weight is 494 g/mol. The van der Waals surface area contributed by atoms with Crippen molar-refractivity contribution < 1.29 is 22.7 Å². The second kappa shape index (κ2) is 11.2. The highest BCUT2D eigenvalue weighted by atomic mass is 19.4. The number of nitrogens with one attached hydrogen (secondary N) is 2. The normalized spacial score (nSPS) is 20.1. The van der Waals surface area contributed by atoms with Crippen LogP contribution in [0.5, 0.6) is 5.75 Å². The van der Waals surface area contributed by atoms with Gasteiger partial charge in [-0.1, -0.05) is 0 Å². The number of piperazine rings is 1. The van der Waals surface area contributed by atoms with Crippen LogP contribution >= 0.6 is 0 Å². The van der Waals surface area contributed by atoms with Gasteiger partial charge in [-0.2, -0.15) is 13.2 Å². The Hall–Kier alpha value is -2.88. The SMILES string of the molecule is COc1ccc(N2CCN(CCC(=O)NC3CCN(C4=CC=C(C(F)(F)F)CN4)CC3)CC2)cc1. The highest BCUT2D eigenvalue weighted by Crippen LogP contribution is 2.27. The summed E-state index contributed by atoms with van der Waals surface area (Å²) >= 11 is 0. The molecule has 0 aliphatic carbocycles. The van der Waals surface area contributed by atoms with Crippen LogP contribution in [0.15, 0.2) is 47.8 Å². The quantitative estimate of drug-likeness (QED) is 0.609. The lowest BCUT2D eigenvalue weighted by molar-refractivity contribution is -0.122. The summed E-state index contributed by atoms with van der Waals surface area (Å²) in [6, 6.07) is 8.20. The molecule has 35 heavy (non-hydrogen) atoms. The first-order valence-electron chi connectivity index (χ1n) is 12.2. The lowest BCUT2D eigenvalue weighted by Crippen LogP contribution is -2.49. The van der Waals surface area contributed by atoms with E-state index in [1.54, 1.807) is 7.11 Å². The number of anilines is 1. The molecule has 0 aromatic heterocycles. The first-order valence-corrected chi connectivity index (χ1v) is 12.2. The molecule has 0 bridgehead atoms. The summed E-state index contributed by atoms with van der Waals surface area (Å²) in [5, 5.41) is 6.01. The van der Waals surface area contributed by atoms with E-state index in [9.17, 15) is 18.0 Å². The molecule has 0 unspecified atom stereocenters. The minimum absolute atomic E-state index is 0.0637. The number of nitrogens with zero attached hydrogens (tertiary/aromatic N) is 3. The molecule has 0 atom stereocenters. The van der Waals surface area contributed by atoms with Gasteiger partial charge in [0, 0.05) is 70.5 Å². The van der Waals surface area contributed by atoms with Crippen molar-refractivity contribution >= 4 is 11.6 Å². The van der Waals surface area contributed by atoms with Gasteiger partial charge < -0.3 is 25.2 Å². The summed E-state index contributed by atoms with van der Waals surface area (Å²) in [6.45, 7) is 5.63. The van der Waals surface area contributed by atoms with Crippen LogP contribution in [0.3, 0.4) is 0 Å². The second-order valence-electron chi connectivity index (χ2n) is 9.20. The van der Waals surface area contributed by atoms with Gasteiger partial charge in [0.05, 0.1) is 12.7 Å². The van der Waals surface area contributed by atoms with Gasteiger partial charge in [0.2, 0.25) is 5.91 Å². The van der Waals surface area contributed by atoms with Gasteiger partial charge in [-0.05, 0) is 49.3 Å². The Morgan fingerprint density at radius 1 is 1.03 bits per heavy atom. The minimum atomic E-state index is -4.30. The fourth-order valence-corrected chi connectivity index (χ4v) is 4.74. The molecule has 0 spiro atoms. The van der Waals surface area contributed by atoms with Crippen molar-refractivity contribution in [1.82, 2.24) is 20.4 Å². The Kier molecular flexibility index (Phi) is 8.10. The van der Waals surface area contributed by atoms with Gasteiger partial charge in [-0.25, -0.2) is 0 Å².